The molecule has 0 aromatic carbocycles. The van der Waals surface area contributed by atoms with Crippen LogP contribution in [-0.4, -0.2) is 12.1 Å². The van der Waals surface area contributed by atoms with Crippen LogP contribution in [-0.2, 0) is 0 Å². The number of nitrogens with zero attached hydrogens (tertiary/aromatic N) is 1. The molecule has 0 unspecified atom stereocenters. The number of anilines is 1. The van der Waals surface area contributed by atoms with E-state index < -0.39 is 0 Å². The largest absolute Gasteiger partial charge is 0.480 e. The maximum absolute atomic E-state index is 5.89. The number of methoxy groups -OCH3 is 1. The summed E-state index contributed by atoms with van der Waals surface area (Å²) < 4.78 is 5.08. The lowest BCUT2D eigenvalue weighted by Gasteiger charge is -2.15. The second-order valence-corrected chi connectivity index (χ2v) is 4.56. The number of nitrogens with two attached hydrogens (primary N) is 1. The lowest BCUT2D eigenvalue weighted by Crippen LogP contribution is -2.02. The van der Waals surface area contributed by atoms with Gasteiger partial charge in [-0.2, -0.15) is 0 Å². The van der Waals surface area contributed by atoms with Crippen LogP contribution in [0.25, 0.3) is 0 Å². The molecule has 1 aliphatic carbocycles. The predicted octanol–water partition coefficient (Wildman–Crippen LogP) is 3.11. The average molecular weight is 220 g/mol. The van der Waals surface area contributed by atoms with Crippen LogP contribution >= 0.6 is 0 Å². The molecule has 1 aliphatic rings. The zero-order valence-electron chi connectivity index (χ0n) is 9.91. The summed E-state index contributed by atoms with van der Waals surface area (Å²) in [6.45, 7) is 0. The molecule has 1 saturated carbocycles. The molecule has 0 bridgehead atoms. The smallest absolute Gasteiger partial charge is 0.236 e. The van der Waals surface area contributed by atoms with Crippen molar-refractivity contribution in [1.82, 2.24) is 4.98 Å². The molecule has 2 rings (SSSR count). The first kappa shape index (κ1) is 11.2. The van der Waals surface area contributed by atoms with Crippen LogP contribution in [0.5, 0.6) is 5.88 Å². The summed E-state index contributed by atoms with van der Waals surface area (Å²) in [5.41, 5.74) is 7.82. The van der Waals surface area contributed by atoms with Gasteiger partial charge in [-0.1, -0.05) is 25.7 Å². The first-order valence-corrected chi connectivity index (χ1v) is 6.10. The van der Waals surface area contributed by atoms with Gasteiger partial charge in [0.2, 0.25) is 5.88 Å². The van der Waals surface area contributed by atoms with E-state index in [1.165, 1.54) is 44.1 Å². The van der Waals surface area contributed by atoms with Gasteiger partial charge in [0.15, 0.2) is 0 Å². The molecule has 88 valence electrons. The van der Waals surface area contributed by atoms with Crippen molar-refractivity contribution in [3.8, 4) is 5.88 Å². The highest BCUT2D eigenvalue weighted by molar-refractivity contribution is 5.50. The van der Waals surface area contributed by atoms with Gasteiger partial charge in [-0.05, 0) is 30.4 Å². The molecule has 1 fully saturated rings. The van der Waals surface area contributed by atoms with Crippen molar-refractivity contribution in [3.63, 3.8) is 0 Å². The monoisotopic (exact) mass is 220 g/mol. The van der Waals surface area contributed by atoms with Crippen LogP contribution in [0.3, 0.4) is 0 Å². The van der Waals surface area contributed by atoms with Gasteiger partial charge in [-0.3, -0.25) is 0 Å². The third kappa shape index (κ3) is 2.46. The van der Waals surface area contributed by atoms with Crippen molar-refractivity contribution in [2.75, 3.05) is 12.8 Å². The van der Waals surface area contributed by atoms with Gasteiger partial charge in [-0.15, -0.1) is 0 Å². The summed E-state index contributed by atoms with van der Waals surface area (Å²) in [6.07, 6.45) is 9.87. The Hall–Kier alpha value is -1.25. The fourth-order valence-corrected chi connectivity index (χ4v) is 2.49. The molecule has 0 amide bonds. The van der Waals surface area contributed by atoms with Gasteiger partial charge < -0.3 is 10.5 Å². The van der Waals surface area contributed by atoms with Crippen LogP contribution < -0.4 is 10.5 Å². The first-order valence-electron chi connectivity index (χ1n) is 6.10. The predicted molar refractivity (Wildman–Crippen MR) is 65.6 cm³/mol. The molecule has 1 aromatic heterocycles. The summed E-state index contributed by atoms with van der Waals surface area (Å²) in [6, 6.07) is 2.03. The summed E-state index contributed by atoms with van der Waals surface area (Å²) in [5, 5.41) is 0. The number of hydrogen-bond acceptors (Lipinski definition) is 3. The lowest BCUT2D eigenvalue weighted by atomic mass is 9.93. The number of rotatable bonds is 2. The zero-order valence-corrected chi connectivity index (χ0v) is 9.91. The van der Waals surface area contributed by atoms with Crippen molar-refractivity contribution < 1.29 is 4.74 Å². The average Bonchev–Trinajstić information content (AvgIpc) is 2.57. The molecule has 3 heteroatoms. The maximum Gasteiger partial charge on any atom is 0.236 e. The SMILES string of the molecule is COc1ncc(C2CCCCCC2)cc1N. The van der Waals surface area contributed by atoms with Gasteiger partial charge in [0.25, 0.3) is 0 Å². The van der Waals surface area contributed by atoms with Crippen molar-refractivity contribution in [2.24, 2.45) is 0 Å². The van der Waals surface area contributed by atoms with E-state index in [0.717, 1.165) is 0 Å². The number of hydrogen-bond donors (Lipinski definition) is 1. The fraction of sp³-hybridized carbons (Fsp3) is 0.615. The third-order valence-corrected chi connectivity index (χ3v) is 3.42. The minimum absolute atomic E-state index is 0.539. The number of nitrogen functional groups attached to an aromatic ring is 1. The summed E-state index contributed by atoms with van der Waals surface area (Å²) >= 11 is 0. The van der Waals surface area contributed by atoms with Crippen molar-refractivity contribution in [1.29, 1.82) is 0 Å². The Morgan fingerprint density at radius 2 is 1.94 bits per heavy atom. The van der Waals surface area contributed by atoms with Crippen molar-refractivity contribution in [2.45, 2.75) is 44.4 Å². The fourth-order valence-electron chi connectivity index (χ4n) is 2.49. The Morgan fingerprint density at radius 1 is 1.25 bits per heavy atom. The molecule has 0 spiro atoms. The van der Waals surface area contributed by atoms with Gasteiger partial charge in [0.1, 0.15) is 0 Å². The molecule has 1 aromatic rings. The van der Waals surface area contributed by atoms with Crippen LogP contribution in [0.4, 0.5) is 5.69 Å². The van der Waals surface area contributed by atoms with Gasteiger partial charge >= 0.3 is 0 Å². The molecule has 1 heterocycles. The Kier molecular flexibility index (Phi) is 3.65. The lowest BCUT2D eigenvalue weighted by molar-refractivity contribution is 0.399. The van der Waals surface area contributed by atoms with Gasteiger partial charge in [0.05, 0.1) is 12.8 Å². The quantitative estimate of drug-likeness (QED) is 0.779. The second kappa shape index (κ2) is 5.19. The van der Waals surface area contributed by atoms with E-state index in [0.29, 0.717) is 17.5 Å². The zero-order chi connectivity index (χ0) is 11.4. The number of ether oxygens (including phenoxy) is 1. The van der Waals surface area contributed by atoms with Crippen molar-refractivity contribution in [3.05, 3.63) is 17.8 Å². The maximum atomic E-state index is 5.89. The van der Waals surface area contributed by atoms with E-state index in [4.69, 9.17) is 10.5 Å². The number of pyridine rings is 1. The van der Waals surface area contributed by atoms with Crippen molar-refractivity contribution >= 4 is 5.69 Å². The Balaban J connectivity index is 2.16. The minimum atomic E-state index is 0.539. The summed E-state index contributed by atoms with van der Waals surface area (Å²) in [4.78, 5) is 4.26. The van der Waals surface area contributed by atoms with E-state index in [2.05, 4.69) is 4.98 Å². The van der Waals surface area contributed by atoms with E-state index in [1.54, 1.807) is 7.11 Å². The van der Waals surface area contributed by atoms with Crippen LogP contribution in [0.2, 0.25) is 0 Å². The summed E-state index contributed by atoms with van der Waals surface area (Å²) in [7, 11) is 1.60. The van der Waals surface area contributed by atoms with E-state index in [-0.39, 0.29) is 0 Å². The molecule has 16 heavy (non-hydrogen) atoms. The molecular weight excluding hydrogens is 200 g/mol. The highest BCUT2D eigenvalue weighted by Gasteiger charge is 2.15. The van der Waals surface area contributed by atoms with E-state index in [1.807, 2.05) is 12.3 Å². The molecule has 0 atom stereocenters. The summed E-state index contributed by atoms with van der Waals surface area (Å²) in [5.74, 6) is 1.18. The van der Waals surface area contributed by atoms with Gasteiger partial charge in [0, 0.05) is 6.20 Å². The van der Waals surface area contributed by atoms with E-state index in [9.17, 15) is 0 Å². The Bertz CT molecular complexity index is 344. The molecular formula is C13H20N2O. The molecule has 2 N–H and O–H groups in total. The third-order valence-electron chi connectivity index (χ3n) is 3.42. The Labute approximate surface area is 97.0 Å². The molecule has 0 saturated heterocycles. The first-order chi connectivity index (χ1) is 7.81. The normalized spacial score (nSPS) is 18.1. The topological polar surface area (TPSA) is 48.1 Å². The minimum Gasteiger partial charge on any atom is -0.480 e. The highest BCUT2D eigenvalue weighted by Crippen LogP contribution is 2.33. The molecule has 0 aliphatic heterocycles. The van der Waals surface area contributed by atoms with E-state index >= 15 is 0 Å². The van der Waals surface area contributed by atoms with Crippen LogP contribution in [0.15, 0.2) is 12.3 Å². The van der Waals surface area contributed by atoms with Crippen LogP contribution in [0, 0.1) is 0 Å². The second-order valence-electron chi connectivity index (χ2n) is 4.56. The number of aromatic nitrogens is 1. The van der Waals surface area contributed by atoms with Gasteiger partial charge in [-0.25, -0.2) is 4.98 Å². The van der Waals surface area contributed by atoms with Crippen LogP contribution in [0.1, 0.15) is 50.0 Å². The Morgan fingerprint density at radius 3 is 2.50 bits per heavy atom. The highest BCUT2D eigenvalue weighted by atomic mass is 16.5. The molecule has 0 radical (unpaired) electrons. The standard InChI is InChI=1S/C13H20N2O/c1-16-13-12(14)8-11(9-15-13)10-6-4-2-3-5-7-10/h8-10H,2-7,14H2,1H3. The molecule has 3 nitrogen and oxygen atoms in total.